The van der Waals surface area contributed by atoms with E-state index in [0.717, 1.165) is 32.1 Å². The zero-order valence-electron chi connectivity index (χ0n) is 15.1. The highest BCUT2D eigenvalue weighted by Gasteiger charge is 2.30. The summed E-state index contributed by atoms with van der Waals surface area (Å²) in [6.07, 6.45) is 1.23. The predicted octanol–water partition coefficient (Wildman–Crippen LogP) is 3.17. The molecule has 1 N–H and O–H groups in total. The van der Waals surface area contributed by atoms with E-state index < -0.39 is 0 Å². The molecule has 1 aromatic rings. The summed E-state index contributed by atoms with van der Waals surface area (Å²) in [5.74, 6) is 1.02. The summed E-state index contributed by atoms with van der Waals surface area (Å²) in [5.41, 5.74) is 3.05. The highest BCUT2D eigenvalue weighted by molar-refractivity contribution is 14.0. The van der Waals surface area contributed by atoms with E-state index in [-0.39, 0.29) is 24.0 Å². The summed E-state index contributed by atoms with van der Waals surface area (Å²) >= 11 is 0. The van der Waals surface area contributed by atoms with Crippen molar-refractivity contribution < 1.29 is 0 Å². The molecule has 2 rings (SSSR count). The van der Waals surface area contributed by atoms with Crippen LogP contribution in [0.2, 0.25) is 0 Å². The van der Waals surface area contributed by atoms with Gasteiger partial charge in [0.2, 0.25) is 0 Å². The number of hydrogen-bond donors (Lipinski definition) is 1. The predicted molar refractivity (Wildman–Crippen MR) is 109 cm³/mol. The molecule has 0 amide bonds. The maximum atomic E-state index is 4.44. The lowest BCUT2D eigenvalue weighted by Crippen LogP contribution is -2.40. The van der Waals surface area contributed by atoms with Crippen LogP contribution in [0.5, 0.6) is 0 Å². The van der Waals surface area contributed by atoms with Crippen LogP contribution in [0.4, 0.5) is 0 Å². The van der Waals surface area contributed by atoms with Crippen LogP contribution < -0.4 is 5.32 Å². The summed E-state index contributed by atoms with van der Waals surface area (Å²) < 4.78 is 0. The molecule has 0 saturated carbocycles. The zero-order valence-corrected chi connectivity index (χ0v) is 17.4. The van der Waals surface area contributed by atoms with Gasteiger partial charge < -0.3 is 15.1 Å². The van der Waals surface area contributed by atoms with E-state index in [2.05, 4.69) is 72.3 Å². The van der Waals surface area contributed by atoms with Gasteiger partial charge in [0.1, 0.15) is 0 Å². The van der Waals surface area contributed by atoms with Gasteiger partial charge >= 0.3 is 0 Å². The number of benzene rings is 1. The second-order valence-electron chi connectivity index (χ2n) is 7.29. The normalized spacial score (nSPS) is 17.3. The number of nitrogens with one attached hydrogen (secondary N) is 1. The van der Waals surface area contributed by atoms with Gasteiger partial charge in [-0.2, -0.15) is 0 Å². The summed E-state index contributed by atoms with van der Waals surface area (Å²) in [5, 5.41) is 3.51. The van der Waals surface area contributed by atoms with E-state index in [1.807, 2.05) is 7.05 Å². The molecule has 1 saturated heterocycles. The summed E-state index contributed by atoms with van der Waals surface area (Å²) in [4.78, 5) is 9.00. The summed E-state index contributed by atoms with van der Waals surface area (Å²) in [7, 11) is 6.07. The van der Waals surface area contributed by atoms with Crippen LogP contribution in [-0.4, -0.2) is 50.0 Å². The Morgan fingerprint density at radius 2 is 2.00 bits per heavy atom. The molecule has 1 heterocycles. The molecule has 4 nitrogen and oxygen atoms in total. The number of nitrogens with zero attached hydrogens (tertiary/aromatic N) is 3. The third-order valence-electron chi connectivity index (χ3n) is 4.13. The number of guanidine groups is 1. The smallest absolute Gasteiger partial charge is 0.193 e. The summed E-state index contributed by atoms with van der Waals surface area (Å²) in [6, 6.07) is 8.76. The molecule has 130 valence electrons. The van der Waals surface area contributed by atoms with Crippen molar-refractivity contribution >= 4 is 29.9 Å². The monoisotopic (exact) mass is 430 g/mol. The molecule has 0 unspecified atom stereocenters. The van der Waals surface area contributed by atoms with Crippen molar-refractivity contribution in [1.29, 1.82) is 0 Å². The fourth-order valence-corrected chi connectivity index (χ4v) is 3.01. The van der Waals surface area contributed by atoms with Crippen molar-refractivity contribution in [2.75, 3.05) is 34.2 Å². The highest BCUT2D eigenvalue weighted by Crippen LogP contribution is 2.28. The van der Waals surface area contributed by atoms with E-state index in [9.17, 15) is 0 Å². The second-order valence-corrected chi connectivity index (χ2v) is 7.29. The van der Waals surface area contributed by atoms with Crippen molar-refractivity contribution in [3.63, 3.8) is 0 Å². The van der Waals surface area contributed by atoms with Crippen molar-refractivity contribution in [3.8, 4) is 0 Å². The molecule has 0 atom stereocenters. The van der Waals surface area contributed by atoms with Gasteiger partial charge in [0.15, 0.2) is 5.96 Å². The maximum absolute atomic E-state index is 4.44. The lowest BCUT2D eigenvalue weighted by atomic mass is 9.93. The van der Waals surface area contributed by atoms with Gasteiger partial charge in [-0.3, -0.25) is 4.99 Å². The Hall–Kier alpha value is -0.820. The fourth-order valence-electron chi connectivity index (χ4n) is 3.01. The Labute approximate surface area is 158 Å². The number of aliphatic imine (C=N–C) groups is 1. The molecular weight excluding hydrogens is 399 g/mol. The van der Waals surface area contributed by atoms with Gasteiger partial charge in [0.05, 0.1) is 0 Å². The molecule has 5 heteroatoms. The lowest BCUT2D eigenvalue weighted by molar-refractivity contribution is 0.370. The molecule has 0 spiro atoms. The van der Waals surface area contributed by atoms with Crippen LogP contribution >= 0.6 is 24.0 Å². The Morgan fingerprint density at radius 3 is 2.57 bits per heavy atom. The van der Waals surface area contributed by atoms with Crippen LogP contribution in [0, 0.1) is 5.41 Å². The highest BCUT2D eigenvalue weighted by atomic mass is 127. The van der Waals surface area contributed by atoms with Crippen molar-refractivity contribution in [2.24, 2.45) is 10.4 Å². The number of rotatable bonds is 4. The second kappa shape index (κ2) is 8.87. The minimum absolute atomic E-state index is 0. The van der Waals surface area contributed by atoms with Crippen molar-refractivity contribution in [2.45, 2.75) is 33.4 Å². The van der Waals surface area contributed by atoms with Gasteiger partial charge in [0.25, 0.3) is 0 Å². The standard InChI is InChI=1S/C18H30N4.HI/c1-18(2)9-10-22(14-18)17(19-3)20-12-15-7-6-8-16(11-15)13-21(4)5;/h6-8,11H,9-10,12-14H2,1-5H3,(H,19,20);1H. The van der Waals surface area contributed by atoms with Gasteiger partial charge in [-0.25, -0.2) is 0 Å². The largest absolute Gasteiger partial charge is 0.352 e. The molecule has 0 aromatic heterocycles. The number of likely N-dealkylation sites (tertiary alicyclic amines) is 1. The molecule has 1 aliphatic rings. The Bertz CT molecular complexity index is 526. The first-order valence-electron chi connectivity index (χ1n) is 8.08. The van der Waals surface area contributed by atoms with Crippen LogP contribution in [-0.2, 0) is 13.1 Å². The fraction of sp³-hybridized carbons (Fsp3) is 0.611. The molecule has 0 radical (unpaired) electrons. The van der Waals surface area contributed by atoms with Crippen LogP contribution in [0.25, 0.3) is 0 Å². The molecule has 0 aliphatic carbocycles. The first-order chi connectivity index (χ1) is 10.4. The van der Waals surface area contributed by atoms with E-state index in [1.165, 1.54) is 17.5 Å². The average Bonchev–Trinajstić information content (AvgIpc) is 2.79. The Kier molecular flexibility index (Phi) is 7.80. The van der Waals surface area contributed by atoms with E-state index in [1.54, 1.807) is 0 Å². The molecule has 1 aromatic carbocycles. The van der Waals surface area contributed by atoms with Crippen LogP contribution in [0.15, 0.2) is 29.3 Å². The topological polar surface area (TPSA) is 30.9 Å². The average molecular weight is 430 g/mol. The SMILES string of the molecule is CN=C(NCc1cccc(CN(C)C)c1)N1CCC(C)(C)C1.I. The number of halogens is 1. The quantitative estimate of drug-likeness (QED) is 0.452. The summed E-state index contributed by atoms with van der Waals surface area (Å²) in [6.45, 7) is 8.62. The maximum Gasteiger partial charge on any atom is 0.193 e. The Morgan fingerprint density at radius 1 is 1.30 bits per heavy atom. The van der Waals surface area contributed by atoms with Gasteiger partial charge in [-0.05, 0) is 37.1 Å². The van der Waals surface area contributed by atoms with Gasteiger partial charge in [-0.1, -0.05) is 38.1 Å². The minimum Gasteiger partial charge on any atom is -0.352 e. The third kappa shape index (κ3) is 6.30. The minimum atomic E-state index is 0. The van der Waals surface area contributed by atoms with Crippen LogP contribution in [0.3, 0.4) is 0 Å². The lowest BCUT2D eigenvalue weighted by Gasteiger charge is -2.23. The van der Waals surface area contributed by atoms with Crippen molar-refractivity contribution in [1.82, 2.24) is 15.1 Å². The first kappa shape index (κ1) is 20.2. The third-order valence-corrected chi connectivity index (χ3v) is 4.13. The van der Waals surface area contributed by atoms with Gasteiger partial charge in [-0.15, -0.1) is 24.0 Å². The Balaban J connectivity index is 0.00000264. The molecule has 1 fully saturated rings. The first-order valence-corrected chi connectivity index (χ1v) is 8.08. The molecular formula is C18H31IN4. The molecule has 23 heavy (non-hydrogen) atoms. The van der Waals surface area contributed by atoms with E-state index in [4.69, 9.17) is 0 Å². The molecule has 0 bridgehead atoms. The van der Waals surface area contributed by atoms with Gasteiger partial charge in [0, 0.05) is 33.2 Å². The van der Waals surface area contributed by atoms with E-state index in [0.29, 0.717) is 5.41 Å². The molecule has 1 aliphatic heterocycles. The van der Waals surface area contributed by atoms with Crippen LogP contribution in [0.1, 0.15) is 31.4 Å². The number of hydrogen-bond acceptors (Lipinski definition) is 2. The van der Waals surface area contributed by atoms with Crippen molar-refractivity contribution in [3.05, 3.63) is 35.4 Å². The zero-order chi connectivity index (χ0) is 16.2. The van der Waals surface area contributed by atoms with E-state index >= 15 is 0 Å².